The monoisotopic (exact) mass is 728 g/mol. The van der Waals surface area contributed by atoms with Crippen LogP contribution >= 0.6 is 15.8 Å². The number of nitrogens with zero attached hydrogens (tertiary/aromatic N) is 1. The van der Waals surface area contributed by atoms with Gasteiger partial charge in [-0.05, 0) is 111 Å². The van der Waals surface area contributed by atoms with E-state index in [1.807, 2.05) is 0 Å². The Labute approximate surface area is 282 Å². The summed E-state index contributed by atoms with van der Waals surface area (Å²) in [5, 5.41) is 14.8. The molecule has 0 atom stereocenters. The molecule has 0 aromatic heterocycles. The van der Waals surface area contributed by atoms with Crippen molar-refractivity contribution in [1.82, 2.24) is 0 Å². The molecule has 0 radical (unpaired) electrons. The first-order chi connectivity index (χ1) is 20.6. The summed E-state index contributed by atoms with van der Waals surface area (Å²) >= 11 is 0. The van der Waals surface area contributed by atoms with E-state index in [4.69, 9.17) is 15.3 Å². The average molecular weight is 729 g/mol. The number of rotatable bonds is 6. The van der Waals surface area contributed by atoms with Gasteiger partial charge in [0.15, 0.2) is 0 Å². The van der Waals surface area contributed by atoms with Crippen molar-refractivity contribution >= 4 is 15.8 Å². The molecule has 0 aromatic rings. The van der Waals surface area contributed by atoms with E-state index in [2.05, 4.69) is 0 Å². The maximum absolute atomic E-state index is 8.25. The van der Waals surface area contributed by atoms with Gasteiger partial charge in [0.1, 0.15) is 0 Å². The van der Waals surface area contributed by atoms with Crippen molar-refractivity contribution in [3.05, 3.63) is 15.3 Å². The smallest absolute Gasteiger partial charge is 0.0689 e. The molecule has 6 aliphatic carbocycles. The van der Waals surface area contributed by atoms with Crippen LogP contribution in [0.5, 0.6) is 0 Å². The van der Waals surface area contributed by atoms with E-state index in [0.717, 1.165) is 0 Å². The van der Waals surface area contributed by atoms with Crippen molar-refractivity contribution in [2.24, 2.45) is 0 Å². The van der Waals surface area contributed by atoms with Gasteiger partial charge in [-0.25, -0.2) is 0 Å². The Balaban J connectivity index is 0.000000206. The van der Waals surface area contributed by atoms with E-state index in [1.165, 1.54) is 72.5 Å². The van der Waals surface area contributed by atoms with Gasteiger partial charge >= 0.3 is 0 Å². The third-order valence-electron chi connectivity index (χ3n) is 12.0. The average Bonchev–Trinajstić information content (AvgIpc) is 3.05. The molecule has 0 saturated heterocycles. The largest absolute Gasteiger partial charge is 0.356 e. The topological polar surface area (TPSA) is 66.2 Å². The fourth-order valence-electron chi connectivity index (χ4n) is 10.1. The van der Waals surface area contributed by atoms with Crippen LogP contribution in [0.3, 0.4) is 0 Å². The first-order valence-corrected chi connectivity index (χ1v) is 22.1. The molecule has 7 heteroatoms. The molecule has 0 amide bonds. The van der Waals surface area contributed by atoms with Crippen molar-refractivity contribution < 1.29 is 25.5 Å². The van der Waals surface area contributed by atoms with Crippen molar-refractivity contribution in [1.29, 1.82) is 0 Å². The minimum Gasteiger partial charge on any atom is -0.356 e. The quantitative estimate of drug-likeness (QED) is 0.118. The Bertz CT molecular complexity index is 566. The molecule has 4 nitrogen and oxygen atoms in total. The van der Waals surface area contributed by atoms with Gasteiger partial charge in [0, 0.05) is 20.4 Å². The molecule has 0 unspecified atom stereocenters. The summed E-state index contributed by atoms with van der Waals surface area (Å²) in [6.45, 7) is 0. The molecule has 0 aromatic carbocycles. The molecule has 6 fully saturated rings. The van der Waals surface area contributed by atoms with Gasteiger partial charge in [0.2, 0.25) is 0 Å². The van der Waals surface area contributed by atoms with Crippen LogP contribution in [-0.4, -0.2) is 39.0 Å². The van der Waals surface area contributed by atoms with E-state index < -0.39 is 5.09 Å². The van der Waals surface area contributed by atoms with Crippen molar-refractivity contribution in [3.63, 3.8) is 0 Å². The maximum Gasteiger partial charge on any atom is 0.0689 e. The van der Waals surface area contributed by atoms with Crippen molar-refractivity contribution in [3.8, 4) is 0 Å². The zero-order valence-electron chi connectivity index (χ0n) is 27.6. The zero-order valence-corrected chi connectivity index (χ0v) is 30.9. The van der Waals surface area contributed by atoms with Crippen molar-refractivity contribution in [2.75, 3.05) is 0 Å². The second-order valence-corrected chi connectivity index (χ2v) is 21.0. The molecule has 0 N–H and O–H groups in total. The van der Waals surface area contributed by atoms with Gasteiger partial charge in [-0.3, -0.25) is 0 Å². The van der Waals surface area contributed by atoms with Crippen LogP contribution in [-0.2, 0) is 20.4 Å². The fourth-order valence-corrected chi connectivity index (χ4v) is 19.4. The normalized spacial score (nSPS) is 26.1. The van der Waals surface area contributed by atoms with E-state index in [1.54, 1.807) is 154 Å². The summed E-state index contributed by atoms with van der Waals surface area (Å²) in [6, 6.07) is 0. The molecule has 0 aliphatic heterocycles. The summed E-state index contributed by atoms with van der Waals surface area (Å²) in [4.78, 5) is 8.25. The predicted molar refractivity (Wildman–Crippen MR) is 185 cm³/mol. The van der Waals surface area contributed by atoms with Gasteiger partial charge < -0.3 is 15.3 Å². The Kier molecular flexibility index (Phi) is 19.8. The van der Waals surface area contributed by atoms with E-state index in [0.29, 0.717) is 15.8 Å². The van der Waals surface area contributed by atoms with Gasteiger partial charge in [-0.15, -0.1) is 0 Å². The van der Waals surface area contributed by atoms with E-state index in [-0.39, 0.29) is 20.4 Å². The SMILES string of the molecule is C1CCC(P(C2CCCCC2)C2CCCCC2)CC1.C1CCC(P(C2CCCCC2)C2CCCCC2)CC1.O=[N+]([O-])[O-].[Pd]. The van der Waals surface area contributed by atoms with Crippen LogP contribution in [0.15, 0.2) is 0 Å². The first-order valence-electron chi connectivity index (χ1n) is 19.0. The minimum absolute atomic E-state index is 0. The van der Waals surface area contributed by atoms with Gasteiger partial charge in [0.05, 0.1) is 5.09 Å². The summed E-state index contributed by atoms with van der Waals surface area (Å²) in [6.07, 6.45) is 47.2. The third-order valence-corrected chi connectivity index (χ3v) is 20.1. The second-order valence-electron chi connectivity index (χ2n) is 14.9. The van der Waals surface area contributed by atoms with E-state index >= 15 is 0 Å². The molecule has 0 bridgehead atoms. The molecule has 43 heavy (non-hydrogen) atoms. The van der Waals surface area contributed by atoms with Crippen molar-refractivity contribution in [2.45, 2.75) is 227 Å². The maximum atomic E-state index is 8.25. The summed E-state index contributed by atoms with van der Waals surface area (Å²) in [5.41, 5.74) is 7.14. The Morgan fingerprint density at radius 3 is 0.558 bits per heavy atom. The molecular formula is C36H66NO3P2Pd-. The zero-order chi connectivity index (χ0) is 29.4. The van der Waals surface area contributed by atoms with E-state index in [9.17, 15) is 0 Å². The van der Waals surface area contributed by atoms with Gasteiger partial charge in [-0.2, -0.15) is 0 Å². The fraction of sp³-hybridized carbons (Fsp3) is 1.00. The number of hydrogen-bond donors (Lipinski definition) is 0. The first kappa shape index (κ1) is 38.2. The summed E-state index contributed by atoms with van der Waals surface area (Å²) in [7, 11) is 0.770. The summed E-state index contributed by atoms with van der Waals surface area (Å²) < 4.78 is 0. The van der Waals surface area contributed by atoms with Crippen LogP contribution in [0.25, 0.3) is 0 Å². The predicted octanol–water partition coefficient (Wildman–Crippen LogP) is 12.7. The molecule has 254 valence electrons. The van der Waals surface area contributed by atoms with Crippen LogP contribution < -0.4 is 0 Å². The summed E-state index contributed by atoms with van der Waals surface area (Å²) in [5.74, 6) is 0. The molecule has 0 spiro atoms. The van der Waals surface area contributed by atoms with Crippen LogP contribution in [0.4, 0.5) is 0 Å². The second kappa shape index (κ2) is 22.3. The third kappa shape index (κ3) is 13.4. The van der Waals surface area contributed by atoms with Crippen LogP contribution in [0, 0.1) is 15.3 Å². The molecule has 6 aliphatic rings. The van der Waals surface area contributed by atoms with Gasteiger partial charge in [-0.1, -0.05) is 131 Å². The minimum atomic E-state index is -1.75. The molecule has 6 saturated carbocycles. The van der Waals surface area contributed by atoms with Crippen LogP contribution in [0.1, 0.15) is 193 Å². The number of hydrogen-bond acceptors (Lipinski definition) is 3. The molecular weight excluding hydrogens is 663 g/mol. The Morgan fingerprint density at radius 1 is 0.326 bits per heavy atom. The Hall–Kier alpha value is 0.722. The van der Waals surface area contributed by atoms with Crippen LogP contribution in [0.2, 0.25) is 0 Å². The molecule has 6 rings (SSSR count). The standard InChI is InChI=1S/2C18H33P.NO3.Pd/c2*1-4-10-16(11-5-1)19(17-12-6-2-7-13-17)18-14-8-3-9-15-18;2-1(3)4;/h2*16-18H,1-15H2;;/q;;-1;. The Morgan fingerprint density at radius 2 is 0.442 bits per heavy atom. The molecule has 0 heterocycles. The van der Waals surface area contributed by atoms with Gasteiger partial charge in [0.25, 0.3) is 0 Å².